The first kappa shape index (κ1) is 22.6. The number of hydrogen-bond acceptors (Lipinski definition) is 6. The fourth-order valence-corrected chi connectivity index (χ4v) is 5.15. The van der Waals surface area contributed by atoms with Crippen LogP contribution in [-0.2, 0) is 9.59 Å². The number of amides is 1. The third kappa shape index (κ3) is 3.78. The molecular weight excluding hydrogens is 438 g/mol. The van der Waals surface area contributed by atoms with Crippen molar-refractivity contribution in [2.24, 2.45) is 0 Å². The van der Waals surface area contributed by atoms with Crippen LogP contribution in [0.4, 0.5) is 5.69 Å². The molecule has 0 saturated carbocycles. The van der Waals surface area contributed by atoms with Gasteiger partial charge < -0.3 is 14.6 Å². The molecule has 1 fully saturated rings. The van der Waals surface area contributed by atoms with E-state index in [2.05, 4.69) is 0 Å². The molecule has 1 aliphatic heterocycles. The van der Waals surface area contributed by atoms with E-state index in [1.165, 1.54) is 30.5 Å². The first-order valence-electron chi connectivity index (χ1n) is 10.4. The van der Waals surface area contributed by atoms with Gasteiger partial charge in [0.05, 0.1) is 19.8 Å². The number of benzene rings is 2. The van der Waals surface area contributed by atoms with Crippen LogP contribution in [0.5, 0.6) is 11.5 Å². The fourth-order valence-electron chi connectivity index (χ4n) is 4.12. The molecule has 1 aliphatic rings. The van der Waals surface area contributed by atoms with Gasteiger partial charge in [-0.15, -0.1) is 11.3 Å². The van der Waals surface area contributed by atoms with Crippen molar-refractivity contribution in [3.8, 4) is 11.5 Å². The summed E-state index contributed by atoms with van der Waals surface area (Å²) >= 11 is 1.44. The molecule has 170 valence electrons. The molecule has 0 aliphatic carbocycles. The van der Waals surface area contributed by atoms with Crippen LogP contribution in [0.15, 0.2) is 53.4 Å². The normalized spacial score (nSPS) is 17.5. The van der Waals surface area contributed by atoms with Crippen LogP contribution in [-0.4, -0.2) is 31.0 Å². The van der Waals surface area contributed by atoms with Crippen LogP contribution in [0.2, 0.25) is 0 Å². The maximum absolute atomic E-state index is 13.3. The third-order valence-electron chi connectivity index (χ3n) is 5.89. The van der Waals surface area contributed by atoms with Gasteiger partial charge in [-0.2, -0.15) is 0 Å². The van der Waals surface area contributed by atoms with E-state index in [9.17, 15) is 14.7 Å². The van der Waals surface area contributed by atoms with Gasteiger partial charge >= 0.3 is 0 Å². The molecule has 6 nitrogen and oxygen atoms in total. The van der Waals surface area contributed by atoms with Gasteiger partial charge in [0.2, 0.25) is 0 Å². The molecule has 0 radical (unpaired) electrons. The van der Waals surface area contributed by atoms with Crippen LogP contribution in [0.1, 0.15) is 33.2 Å². The minimum absolute atomic E-state index is 0.0778. The molecule has 33 heavy (non-hydrogen) atoms. The van der Waals surface area contributed by atoms with Gasteiger partial charge in [-0.1, -0.05) is 17.7 Å². The average Bonchev–Trinajstić information content (AvgIpc) is 3.34. The smallest absolute Gasteiger partial charge is 0.300 e. The summed E-state index contributed by atoms with van der Waals surface area (Å²) in [6.07, 6.45) is 0. The Morgan fingerprint density at radius 2 is 1.67 bits per heavy atom. The predicted octanol–water partition coefficient (Wildman–Crippen LogP) is 5.32. The van der Waals surface area contributed by atoms with Gasteiger partial charge in [0, 0.05) is 22.2 Å². The van der Waals surface area contributed by atoms with Crippen molar-refractivity contribution in [2.75, 3.05) is 19.1 Å². The number of methoxy groups -OCH3 is 2. The van der Waals surface area contributed by atoms with E-state index >= 15 is 0 Å². The molecule has 4 rings (SSSR count). The highest BCUT2D eigenvalue weighted by Gasteiger charge is 2.48. The monoisotopic (exact) mass is 463 g/mol. The van der Waals surface area contributed by atoms with E-state index < -0.39 is 17.7 Å². The number of rotatable bonds is 5. The minimum atomic E-state index is -0.761. The maximum Gasteiger partial charge on any atom is 0.300 e. The Balaban J connectivity index is 1.97. The van der Waals surface area contributed by atoms with Crippen LogP contribution in [0, 0.1) is 20.8 Å². The van der Waals surface area contributed by atoms with E-state index in [0.717, 1.165) is 21.6 Å². The van der Waals surface area contributed by atoms with Gasteiger partial charge in [-0.3, -0.25) is 14.5 Å². The molecule has 1 aromatic heterocycles. The Hall–Kier alpha value is -3.58. The number of ether oxygens (including phenoxy) is 2. The van der Waals surface area contributed by atoms with Crippen LogP contribution in [0.25, 0.3) is 5.76 Å². The highest BCUT2D eigenvalue weighted by molar-refractivity contribution is 7.10. The second-order valence-electron chi connectivity index (χ2n) is 7.99. The van der Waals surface area contributed by atoms with Gasteiger partial charge in [0.1, 0.15) is 11.8 Å². The second-order valence-corrected chi connectivity index (χ2v) is 8.94. The number of aryl methyl sites for hydroxylation is 3. The van der Waals surface area contributed by atoms with E-state index in [1.54, 1.807) is 18.2 Å². The standard InChI is InChI=1S/C26H25NO5S/c1-14-6-7-15(2)18(12-14)23(28)21-22(25-16(3)10-11-33-25)27(26(30)24(21)29)17-8-9-19(31-4)20(13-17)32-5/h6-13,22,28H,1-5H3/b23-21-. The Morgan fingerprint density at radius 1 is 0.939 bits per heavy atom. The van der Waals surface area contributed by atoms with E-state index in [0.29, 0.717) is 22.7 Å². The summed E-state index contributed by atoms with van der Waals surface area (Å²) in [7, 11) is 3.04. The SMILES string of the molecule is COc1ccc(N2C(=O)C(=O)/C(=C(\O)c3cc(C)ccc3C)C2c2sccc2C)cc1OC. The molecule has 2 heterocycles. The number of nitrogens with zero attached hydrogens (tertiary/aromatic N) is 1. The quantitative estimate of drug-likeness (QED) is 0.315. The molecule has 1 N–H and O–H groups in total. The van der Waals surface area contributed by atoms with Crippen LogP contribution in [0.3, 0.4) is 0 Å². The number of carbonyl (C=O) groups is 2. The number of thiophene rings is 1. The lowest BCUT2D eigenvalue weighted by atomic mass is 9.95. The Bertz CT molecular complexity index is 1290. The number of hydrogen-bond donors (Lipinski definition) is 1. The third-order valence-corrected chi connectivity index (χ3v) is 6.96. The maximum atomic E-state index is 13.3. The summed E-state index contributed by atoms with van der Waals surface area (Å²) in [5.41, 5.74) is 3.79. The summed E-state index contributed by atoms with van der Waals surface area (Å²) in [6.45, 7) is 5.71. The van der Waals surface area contributed by atoms with Gasteiger partial charge in [-0.05, 0) is 61.5 Å². The largest absolute Gasteiger partial charge is 0.507 e. The number of carbonyl (C=O) groups excluding carboxylic acids is 2. The Morgan fingerprint density at radius 3 is 2.30 bits per heavy atom. The summed E-state index contributed by atoms with van der Waals surface area (Å²) in [5.74, 6) is -0.645. The molecule has 7 heteroatoms. The lowest BCUT2D eigenvalue weighted by Gasteiger charge is -2.25. The lowest BCUT2D eigenvalue weighted by Crippen LogP contribution is -2.29. The molecule has 1 saturated heterocycles. The van der Waals surface area contributed by atoms with Crippen molar-refractivity contribution in [1.82, 2.24) is 0 Å². The van der Waals surface area contributed by atoms with E-state index in [1.807, 2.05) is 50.4 Å². The van der Waals surface area contributed by atoms with Crippen molar-refractivity contribution in [2.45, 2.75) is 26.8 Å². The van der Waals surface area contributed by atoms with E-state index in [4.69, 9.17) is 9.47 Å². The Kier molecular flexibility index (Phi) is 5.99. The predicted molar refractivity (Wildman–Crippen MR) is 129 cm³/mol. The van der Waals surface area contributed by atoms with Crippen LogP contribution < -0.4 is 14.4 Å². The number of aliphatic hydroxyl groups is 1. The zero-order chi connectivity index (χ0) is 23.9. The zero-order valence-corrected chi connectivity index (χ0v) is 19.9. The van der Waals surface area contributed by atoms with Crippen molar-refractivity contribution in [3.63, 3.8) is 0 Å². The minimum Gasteiger partial charge on any atom is -0.507 e. The highest BCUT2D eigenvalue weighted by atomic mass is 32.1. The highest BCUT2D eigenvalue weighted by Crippen LogP contribution is 2.46. The first-order chi connectivity index (χ1) is 15.8. The summed E-state index contributed by atoms with van der Waals surface area (Å²) in [5, 5.41) is 13.3. The number of aliphatic hydroxyl groups excluding tert-OH is 1. The summed E-state index contributed by atoms with van der Waals surface area (Å²) < 4.78 is 10.7. The van der Waals surface area contributed by atoms with Gasteiger partial charge in [-0.25, -0.2) is 0 Å². The fraction of sp³-hybridized carbons (Fsp3) is 0.231. The molecule has 3 aromatic rings. The topological polar surface area (TPSA) is 76.1 Å². The summed E-state index contributed by atoms with van der Waals surface area (Å²) in [4.78, 5) is 28.9. The molecule has 1 atom stereocenters. The molecule has 1 amide bonds. The summed E-state index contributed by atoms with van der Waals surface area (Å²) in [6, 6.07) is 11.9. The van der Waals surface area contributed by atoms with Crippen molar-refractivity contribution in [3.05, 3.63) is 80.5 Å². The van der Waals surface area contributed by atoms with Crippen molar-refractivity contribution >= 4 is 34.5 Å². The second kappa shape index (κ2) is 8.75. The molecule has 2 aromatic carbocycles. The van der Waals surface area contributed by atoms with Gasteiger partial charge in [0.15, 0.2) is 11.5 Å². The van der Waals surface area contributed by atoms with Crippen molar-refractivity contribution < 1.29 is 24.2 Å². The molecule has 1 unspecified atom stereocenters. The first-order valence-corrected chi connectivity index (χ1v) is 11.3. The number of ketones is 1. The average molecular weight is 464 g/mol. The number of Topliss-reactive ketones (excluding diaryl/α,β-unsaturated/α-hetero) is 1. The lowest BCUT2D eigenvalue weighted by molar-refractivity contribution is -0.132. The molecule has 0 spiro atoms. The number of anilines is 1. The van der Waals surface area contributed by atoms with Crippen molar-refractivity contribution in [1.29, 1.82) is 0 Å². The molecular formula is C26H25NO5S. The Labute approximate surface area is 196 Å². The van der Waals surface area contributed by atoms with Crippen LogP contribution >= 0.6 is 11.3 Å². The zero-order valence-electron chi connectivity index (χ0n) is 19.1. The van der Waals surface area contributed by atoms with E-state index in [-0.39, 0.29) is 11.3 Å². The molecule has 0 bridgehead atoms. The van der Waals surface area contributed by atoms with Gasteiger partial charge in [0.25, 0.3) is 11.7 Å².